The van der Waals surface area contributed by atoms with Crippen molar-refractivity contribution in [3.05, 3.63) is 59.7 Å². The number of amides is 2. The number of carbonyl (C=O) groups excluding carboxylic acids is 3. The second kappa shape index (κ2) is 12.8. The summed E-state index contributed by atoms with van der Waals surface area (Å²) >= 11 is 0. The minimum atomic E-state index is -1.20. The third-order valence-electron chi connectivity index (χ3n) is 5.07. The molecule has 9 nitrogen and oxygen atoms in total. The molecule has 3 N–H and O–H groups in total. The molecule has 2 atom stereocenters. The number of esters is 1. The normalized spacial score (nSPS) is 12.7. The first kappa shape index (κ1) is 27.7. The van der Waals surface area contributed by atoms with Crippen LogP contribution < -0.4 is 20.1 Å². The van der Waals surface area contributed by atoms with Crippen LogP contribution in [-0.2, 0) is 32.1 Å². The van der Waals surface area contributed by atoms with E-state index in [4.69, 9.17) is 14.2 Å². The standard InChI is InChI=1S/C26H34N2O7/c1-17(27-23(29)15-26(2,3)32)24(30)28-20(25(31)34-5)13-19-11-12-21(33-4)22(14-19)35-16-18-9-7-6-8-10-18/h6-12,14,17,20,32H,13,15-16H2,1-5H3,(H,27,29)(H,28,30)/t17-,20+/m1/s1. The Hall–Kier alpha value is -3.59. The summed E-state index contributed by atoms with van der Waals surface area (Å²) in [6, 6.07) is 13.0. The Morgan fingerprint density at radius 3 is 2.26 bits per heavy atom. The summed E-state index contributed by atoms with van der Waals surface area (Å²) in [5.41, 5.74) is 0.493. The minimum Gasteiger partial charge on any atom is -0.493 e. The number of rotatable bonds is 12. The summed E-state index contributed by atoms with van der Waals surface area (Å²) in [6.45, 7) is 4.82. The maximum absolute atomic E-state index is 12.7. The number of nitrogens with one attached hydrogen (secondary N) is 2. The smallest absolute Gasteiger partial charge is 0.328 e. The van der Waals surface area contributed by atoms with Crippen LogP contribution in [0.2, 0.25) is 0 Å². The highest BCUT2D eigenvalue weighted by Gasteiger charge is 2.27. The molecule has 0 fully saturated rings. The van der Waals surface area contributed by atoms with Gasteiger partial charge in [0.05, 0.1) is 26.2 Å². The molecule has 0 spiro atoms. The molecule has 2 aromatic carbocycles. The van der Waals surface area contributed by atoms with Crippen molar-refractivity contribution >= 4 is 17.8 Å². The van der Waals surface area contributed by atoms with Crippen LogP contribution in [0.15, 0.2) is 48.5 Å². The van der Waals surface area contributed by atoms with E-state index in [0.29, 0.717) is 23.7 Å². The van der Waals surface area contributed by atoms with Gasteiger partial charge in [-0.05, 0) is 44.0 Å². The molecule has 35 heavy (non-hydrogen) atoms. The Balaban J connectivity index is 2.10. The summed E-state index contributed by atoms with van der Waals surface area (Å²) in [6.07, 6.45) is -0.0307. The zero-order valence-electron chi connectivity index (χ0n) is 20.8. The van der Waals surface area contributed by atoms with Crippen molar-refractivity contribution in [3.8, 4) is 11.5 Å². The highest BCUT2D eigenvalue weighted by atomic mass is 16.5. The molecule has 0 aliphatic rings. The number of methoxy groups -OCH3 is 2. The summed E-state index contributed by atoms with van der Waals surface area (Å²) in [5.74, 6) is -0.637. The lowest BCUT2D eigenvalue weighted by Crippen LogP contribution is -2.51. The molecule has 0 heterocycles. The first-order valence-electron chi connectivity index (χ1n) is 11.3. The Labute approximate surface area is 205 Å². The Morgan fingerprint density at radius 2 is 1.66 bits per heavy atom. The topological polar surface area (TPSA) is 123 Å². The molecular weight excluding hydrogens is 452 g/mol. The Bertz CT molecular complexity index is 1000. The van der Waals surface area contributed by atoms with Gasteiger partial charge in [-0.3, -0.25) is 9.59 Å². The van der Waals surface area contributed by atoms with E-state index in [2.05, 4.69) is 10.6 Å². The monoisotopic (exact) mass is 486 g/mol. The van der Waals surface area contributed by atoms with Gasteiger partial charge >= 0.3 is 5.97 Å². The quantitative estimate of drug-likeness (QED) is 0.393. The minimum absolute atomic E-state index is 0.133. The third kappa shape index (κ3) is 9.29. The molecule has 0 saturated heterocycles. The van der Waals surface area contributed by atoms with Crippen LogP contribution in [0.3, 0.4) is 0 Å². The molecule has 0 bridgehead atoms. The van der Waals surface area contributed by atoms with Crippen molar-refractivity contribution in [2.24, 2.45) is 0 Å². The van der Waals surface area contributed by atoms with Gasteiger partial charge in [-0.15, -0.1) is 0 Å². The van der Waals surface area contributed by atoms with Gasteiger partial charge in [-0.1, -0.05) is 36.4 Å². The largest absolute Gasteiger partial charge is 0.493 e. The lowest BCUT2D eigenvalue weighted by molar-refractivity contribution is -0.145. The van der Waals surface area contributed by atoms with E-state index in [1.54, 1.807) is 18.2 Å². The molecule has 0 unspecified atom stereocenters. The zero-order valence-corrected chi connectivity index (χ0v) is 20.8. The number of ether oxygens (including phenoxy) is 3. The van der Waals surface area contributed by atoms with Gasteiger partial charge in [-0.2, -0.15) is 0 Å². The van der Waals surface area contributed by atoms with Crippen molar-refractivity contribution in [1.82, 2.24) is 10.6 Å². The molecule has 2 amide bonds. The molecule has 0 radical (unpaired) electrons. The third-order valence-corrected chi connectivity index (χ3v) is 5.07. The van der Waals surface area contributed by atoms with E-state index < -0.39 is 35.5 Å². The predicted molar refractivity (Wildman–Crippen MR) is 130 cm³/mol. The first-order chi connectivity index (χ1) is 16.5. The summed E-state index contributed by atoms with van der Waals surface area (Å²) < 4.78 is 16.2. The van der Waals surface area contributed by atoms with Gasteiger partial charge in [0.2, 0.25) is 11.8 Å². The highest BCUT2D eigenvalue weighted by molar-refractivity contribution is 5.90. The summed E-state index contributed by atoms with van der Waals surface area (Å²) in [7, 11) is 2.77. The maximum atomic E-state index is 12.7. The number of hydrogen-bond acceptors (Lipinski definition) is 7. The van der Waals surface area contributed by atoms with Gasteiger partial charge in [0.1, 0.15) is 18.7 Å². The van der Waals surface area contributed by atoms with Gasteiger partial charge in [-0.25, -0.2) is 4.79 Å². The van der Waals surface area contributed by atoms with E-state index in [0.717, 1.165) is 5.56 Å². The number of hydrogen-bond donors (Lipinski definition) is 3. The predicted octanol–water partition coefficient (Wildman–Crippen LogP) is 2.14. The average molecular weight is 487 g/mol. The molecule has 2 rings (SSSR count). The van der Waals surface area contributed by atoms with Crippen LogP contribution in [0.1, 0.15) is 38.3 Å². The van der Waals surface area contributed by atoms with E-state index in [1.165, 1.54) is 35.0 Å². The van der Waals surface area contributed by atoms with Gasteiger partial charge in [0.15, 0.2) is 11.5 Å². The maximum Gasteiger partial charge on any atom is 0.328 e. The number of benzene rings is 2. The van der Waals surface area contributed by atoms with Gasteiger partial charge in [0, 0.05) is 6.42 Å². The van der Waals surface area contributed by atoms with Gasteiger partial charge < -0.3 is 30.0 Å². The van der Waals surface area contributed by atoms with Crippen LogP contribution >= 0.6 is 0 Å². The molecular formula is C26H34N2O7. The van der Waals surface area contributed by atoms with Crippen LogP contribution in [0.4, 0.5) is 0 Å². The van der Waals surface area contributed by atoms with E-state index in [-0.39, 0.29) is 12.8 Å². The fraction of sp³-hybridized carbons (Fsp3) is 0.423. The molecule has 0 saturated carbocycles. The fourth-order valence-corrected chi connectivity index (χ4v) is 3.32. The molecule has 190 valence electrons. The van der Waals surface area contributed by atoms with Crippen molar-refractivity contribution in [1.29, 1.82) is 0 Å². The van der Waals surface area contributed by atoms with Crippen LogP contribution in [0, 0.1) is 0 Å². The molecule has 2 aromatic rings. The van der Waals surface area contributed by atoms with Crippen molar-refractivity contribution < 1.29 is 33.7 Å². The Morgan fingerprint density at radius 1 is 0.971 bits per heavy atom. The van der Waals surface area contributed by atoms with Crippen LogP contribution in [-0.4, -0.2) is 54.8 Å². The van der Waals surface area contributed by atoms with Crippen LogP contribution in [0.5, 0.6) is 11.5 Å². The second-order valence-corrected chi connectivity index (χ2v) is 8.83. The number of carbonyl (C=O) groups is 3. The highest BCUT2D eigenvalue weighted by Crippen LogP contribution is 2.29. The second-order valence-electron chi connectivity index (χ2n) is 8.83. The lowest BCUT2D eigenvalue weighted by Gasteiger charge is -2.22. The number of aliphatic hydroxyl groups is 1. The van der Waals surface area contributed by atoms with E-state index in [1.807, 2.05) is 30.3 Å². The SMILES string of the molecule is COC(=O)[C@H](Cc1ccc(OC)c(OCc2ccccc2)c1)NC(=O)[C@@H](C)NC(=O)CC(C)(C)O. The average Bonchev–Trinajstić information content (AvgIpc) is 2.81. The van der Waals surface area contributed by atoms with E-state index in [9.17, 15) is 19.5 Å². The zero-order chi connectivity index (χ0) is 26.0. The van der Waals surface area contributed by atoms with Crippen molar-refractivity contribution in [2.45, 2.75) is 57.9 Å². The molecule has 0 aliphatic carbocycles. The lowest BCUT2D eigenvalue weighted by atomic mass is 10.0. The van der Waals surface area contributed by atoms with Crippen molar-refractivity contribution in [2.75, 3.05) is 14.2 Å². The fourth-order valence-electron chi connectivity index (χ4n) is 3.32. The molecule has 9 heteroatoms. The first-order valence-corrected chi connectivity index (χ1v) is 11.3. The van der Waals surface area contributed by atoms with Crippen LogP contribution in [0.25, 0.3) is 0 Å². The molecule has 0 aliphatic heterocycles. The summed E-state index contributed by atoms with van der Waals surface area (Å²) in [5, 5.41) is 14.9. The van der Waals surface area contributed by atoms with E-state index >= 15 is 0 Å². The Kier molecular flexibility index (Phi) is 10.1. The van der Waals surface area contributed by atoms with Crippen molar-refractivity contribution in [3.63, 3.8) is 0 Å². The summed E-state index contributed by atoms with van der Waals surface area (Å²) in [4.78, 5) is 37.1. The molecule has 0 aromatic heterocycles. The van der Waals surface area contributed by atoms with Gasteiger partial charge in [0.25, 0.3) is 0 Å².